The monoisotopic (exact) mass is 212 g/mol. The molecule has 0 saturated carbocycles. The van der Waals surface area contributed by atoms with Crippen LogP contribution in [0.5, 0.6) is 0 Å². The predicted molar refractivity (Wildman–Crippen MR) is 66.9 cm³/mol. The van der Waals surface area contributed by atoms with Crippen LogP contribution in [0.15, 0.2) is 0 Å². The van der Waals surface area contributed by atoms with E-state index in [4.69, 9.17) is 5.73 Å². The number of nitrogens with zero attached hydrogens (tertiary/aromatic N) is 1. The Morgan fingerprint density at radius 3 is 2.20 bits per heavy atom. The number of likely N-dealkylation sites (tertiary alicyclic amines) is 1. The van der Waals surface area contributed by atoms with Gasteiger partial charge in [-0.2, -0.15) is 0 Å². The first-order valence-electron chi connectivity index (χ1n) is 6.48. The summed E-state index contributed by atoms with van der Waals surface area (Å²) < 4.78 is 0. The molecule has 0 aromatic rings. The predicted octanol–water partition coefficient (Wildman–Crippen LogP) is 2.48. The highest BCUT2D eigenvalue weighted by molar-refractivity contribution is 4.89. The molecule has 2 N–H and O–H groups in total. The van der Waals surface area contributed by atoms with E-state index in [0.717, 1.165) is 24.8 Å². The summed E-state index contributed by atoms with van der Waals surface area (Å²) in [5, 5.41) is 0. The maximum atomic E-state index is 5.90. The van der Waals surface area contributed by atoms with Crippen molar-refractivity contribution in [1.29, 1.82) is 0 Å². The quantitative estimate of drug-likeness (QED) is 0.776. The third-order valence-electron chi connectivity index (χ3n) is 4.45. The van der Waals surface area contributed by atoms with Gasteiger partial charge in [0.1, 0.15) is 0 Å². The van der Waals surface area contributed by atoms with E-state index in [2.05, 4.69) is 32.6 Å². The lowest BCUT2D eigenvalue weighted by Crippen LogP contribution is -2.54. The van der Waals surface area contributed by atoms with Crippen LogP contribution in [0.1, 0.15) is 47.0 Å². The van der Waals surface area contributed by atoms with Crippen LogP contribution in [-0.2, 0) is 0 Å². The van der Waals surface area contributed by atoms with Gasteiger partial charge in [0, 0.05) is 12.1 Å². The first-order valence-corrected chi connectivity index (χ1v) is 6.48. The van der Waals surface area contributed by atoms with Gasteiger partial charge in [0.2, 0.25) is 0 Å². The third-order valence-corrected chi connectivity index (χ3v) is 4.45. The van der Waals surface area contributed by atoms with E-state index in [1.165, 1.54) is 25.9 Å². The van der Waals surface area contributed by atoms with Gasteiger partial charge in [-0.1, -0.05) is 20.8 Å². The van der Waals surface area contributed by atoms with E-state index in [9.17, 15) is 0 Å². The highest BCUT2D eigenvalue weighted by atomic mass is 15.2. The fourth-order valence-electron chi connectivity index (χ4n) is 2.60. The molecule has 15 heavy (non-hydrogen) atoms. The van der Waals surface area contributed by atoms with Gasteiger partial charge in [-0.05, 0) is 51.1 Å². The molecule has 1 unspecified atom stereocenters. The number of hydrogen-bond donors (Lipinski definition) is 1. The molecule has 2 heteroatoms. The Bertz CT molecular complexity index is 177. The topological polar surface area (TPSA) is 29.3 Å². The Hall–Kier alpha value is -0.0800. The molecule has 1 aliphatic rings. The van der Waals surface area contributed by atoms with Gasteiger partial charge in [0.05, 0.1) is 0 Å². The fraction of sp³-hybridized carbons (Fsp3) is 1.00. The second kappa shape index (κ2) is 5.31. The molecular weight excluding hydrogens is 184 g/mol. The Morgan fingerprint density at radius 2 is 1.87 bits per heavy atom. The summed E-state index contributed by atoms with van der Waals surface area (Å²) >= 11 is 0. The molecule has 1 saturated heterocycles. The van der Waals surface area contributed by atoms with Crippen molar-refractivity contribution >= 4 is 0 Å². The Kier molecular flexibility index (Phi) is 4.60. The zero-order chi connectivity index (χ0) is 11.5. The van der Waals surface area contributed by atoms with Crippen molar-refractivity contribution in [2.75, 3.05) is 19.6 Å². The fourth-order valence-corrected chi connectivity index (χ4v) is 2.60. The zero-order valence-electron chi connectivity index (χ0n) is 10.9. The van der Waals surface area contributed by atoms with Gasteiger partial charge >= 0.3 is 0 Å². The lowest BCUT2D eigenvalue weighted by molar-refractivity contribution is 0.0548. The molecule has 2 nitrogen and oxygen atoms in total. The minimum Gasteiger partial charge on any atom is -0.329 e. The lowest BCUT2D eigenvalue weighted by atomic mass is 9.84. The van der Waals surface area contributed by atoms with Gasteiger partial charge in [-0.15, -0.1) is 0 Å². The van der Waals surface area contributed by atoms with Crippen LogP contribution in [0.2, 0.25) is 0 Å². The summed E-state index contributed by atoms with van der Waals surface area (Å²) in [7, 11) is 0. The van der Waals surface area contributed by atoms with Crippen molar-refractivity contribution in [2.24, 2.45) is 17.6 Å². The van der Waals surface area contributed by atoms with Gasteiger partial charge < -0.3 is 5.73 Å². The molecule has 0 aliphatic carbocycles. The first-order chi connectivity index (χ1) is 7.03. The molecule has 0 amide bonds. The van der Waals surface area contributed by atoms with Crippen molar-refractivity contribution in [2.45, 2.75) is 52.5 Å². The molecule has 1 heterocycles. The molecule has 1 rings (SSSR count). The molecule has 0 spiro atoms. The van der Waals surface area contributed by atoms with Crippen LogP contribution in [0.25, 0.3) is 0 Å². The molecule has 1 aliphatic heterocycles. The molecule has 0 aromatic carbocycles. The molecule has 0 bridgehead atoms. The number of piperidine rings is 1. The van der Waals surface area contributed by atoms with E-state index < -0.39 is 0 Å². The van der Waals surface area contributed by atoms with E-state index >= 15 is 0 Å². The van der Waals surface area contributed by atoms with E-state index in [-0.39, 0.29) is 5.54 Å². The molecular formula is C13H28N2. The van der Waals surface area contributed by atoms with Gasteiger partial charge in [-0.3, -0.25) is 4.90 Å². The van der Waals surface area contributed by atoms with E-state index in [1.54, 1.807) is 0 Å². The van der Waals surface area contributed by atoms with Crippen molar-refractivity contribution in [3.63, 3.8) is 0 Å². The van der Waals surface area contributed by atoms with Crippen LogP contribution < -0.4 is 5.73 Å². The van der Waals surface area contributed by atoms with Gasteiger partial charge in [-0.25, -0.2) is 0 Å². The third kappa shape index (κ3) is 2.94. The van der Waals surface area contributed by atoms with Crippen LogP contribution in [0.4, 0.5) is 0 Å². The Morgan fingerprint density at radius 1 is 1.33 bits per heavy atom. The maximum absolute atomic E-state index is 5.90. The molecule has 1 fully saturated rings. The molecule has 1 atom stereocenters. The maximum Gasteiger partial charge on any atom is 0.0300 e. The van der Waals surface area contributed by atoms with E-state index in [1.807, 2.05) is 0 Å². The highest BCUT2D eigenvalue weighted by Crippen LogP contribution is 2.29. The zero-order valence-corrected chi connectivity index (χ0v) is 10.9. The number of hydrogen-bond acceptors (Lipinski definition) is 2. The summed E-state index contributed by atoms with van der Waals surface area (Å²) in [6, 6.07) is 0. The number of nitrogens with two attached hydrogens (primary N) is 1. The van der Waals surface area contributed by atoms with Gasteiger partial charge in [0.25, 0.3) is 0 Å². The van der Waals surface area contributed by atoms with Crippen LogP contribution >= 0.6 is 0 Å². The van der Waals surface area contributed by atoms with Crippen molar-refractivity contribution in [3.05, 3.63) is 0 Å². The summed E-state index contributed by atoms with van der Waals surface area (Å²) in [4.78, 5) is 2.60. The summed E-state index contributed by atoms with van der Waals surface area (Å²) in [5.41, 5.74) is 6.14. The lowest BCUT2D eigenvalue weighted by Gasteiger charge is -2.45. The van der Waals surface area contributed by atoms with Crippen molar-refractivity contribution in [1.82, 2.24) is 4.90 Å². The SMILES string of the molecule is CCC(C)(CN)N1CCC(C(C)C)CC1. The standard InChI is InChI=1S/C13H28N2/c1-5-13(4,10-14)15-8-6-12(7-9-15)11(2)3/h11-12H,5-10,14H2,1-4H3. The summed E-state index contributed by atoms with van der Waals surface area (Å²) in [5.74, 6) is 1.78. The van der Waals surface area contributed by atoms with Crippen LogP contribution in [-0.4, -0.2) is 30.1 Å². The molecule has 0 aromatic heterocycles. The van der Waals surface area contributed by atoms with Gasteiger partial charge in [0.15, 0.2) is 0 Å². The Labute approximate surface area is 95.2 Å². The molecule has 0 radical (unpaired) electrons. The second-order valence-electron chi connectivity index (χ2n) is 5.62. The average molecular weight is 212 g/mol. The Balaban J connectivity index is 2.49. The second-order valence-corrected chi connectivity index (χ2v) is 5.62. The summed E-state index contributed by atoms with van der Waals surface area (Å²) in [6.45, 7) is 12.5. The van der Waals surface area contributed by atoms with Crippen LogP contribution in [0.3, 0.4) is 0 Å². The van der Waals surface area contributed by atoms with Crippen molar-refractivity contribution in [3.8, 4) is 0 Å². The largest absolute Gasteiger partial charge is 0.329 e. The van der Waals surface area contributed by atoms with Crippen molar-refractivity contribution < 1.29 is 0 Å². The highest BCUT2D eigenvalue weighted by Gasteiger charge is 2.32. The normalized spacial score (nSPS) is 24.4. The number of rotatable bonds is 4. The van der Waals surface area contributed by atoms with E-state index in [0.29, 0.717) is 0 Å². The minimum absolute atomic E-state index is 0.238. The molecule has 90 valence electrons. The minimum atomic E-state index is 0.238. The summed E-state index contributed by atoms with van der Waals surface area (Å²) in [6.07, 6.45) is 3.87. The first kappa shape index (κ1) is 13.0. The average Bonchev–Trinajstić information content (AvgIpc) is 2.28. The van der Waals surface area contributed by atoms with Crippen LogP contribution in [0, 0.1) is 11.8 Å². The smallest absolute Gasteiger partial charge is 0.0300 e.